The molecule has 1 N–H and O–H groups in total. The minimum Gasteiger partial charge on any atom is -0.372 e. The third kappa shape index (κ3) is 5.35. The van der Waals surface area contributed by atoms with Crippen LogP contribution in [0.25, 0.3) is 0 Å². The van der Waals surface area contributed by atoms with Crippen LogP contribution in [0.3, 0.4) is 0 Å². The zero-order valence-electron chi connectivity index (χ0n) is 15.1. The summed E-state index contributed by atoms with van der Waals surface area (Å²) in [5.41, 5.74) is 2.26. The average molecular weight is 499 g/mol. The molecular weight excluding hydrogens is 477 g/mol. The third-order valence-corrected chi connectivity index (χ3v) is 6.28. The Hall–Kier alpha value is -1.81. The normalized spacial score (nSPS) is 14.2. The molecule has 27 heavy (non-hydrogen) atoms. The number of hydrogen-bond acceptors (Lipinski definition) is 4. The van der Waals surface area contributed by atoms with Gasteiger partial charge in [-0.05, 0) is 84.0 Å². The van der Waals surface area contributed by atoms with Crippen LogP contribution < -0.4 is 14.5 Å². The summed E-state index contributed by atoms with van der Waals surface area (Å²) < 4.78 is 26.4. The molecular formula is C19H22IN3O3S. The summed E-state index contributed by atoms with van der Waals surface area (Å²) in [4.78, 5) is 14.7. The van der Waals surface area contributed by atoms with Crippen molar-refractivity contribution in [1.82, 2.24) is 0 Å². The number of nitrogens with one attached hydrogen (secondary N) is 1. The molecule has 0 aromatic heterocycles. The second kappa shape index (κ2) is 8.47. The molecule has 1 fully saturated rings. The van der Waals surface area contributed by atoms with Crippen molar-refractivity contribution in [3.8, 4) is 0 Å². The highest BCUT2D eigenvalue weighted by molar-refractivity contribution is 14.1. The molecule has 8 heteroatoms. The van der Waals surface area contributed by atoms with Crippen LogP contribution in [0.2, 0.25) is 0 Å². The molecule has 1 aliphatic heterocycles. The number of halogens is 1. The zero-order chi connectivity index (χ0) is 19.4. The van der Waals surface area contributed by atoms with Crippen LogP contribution in [0, 0.1) is 3.57 Å². The molecule has 2 aromatic carbocycles. The minimum absolute atomic E-state index is 0.271. The highest BCUT2D eigenvalue weighted by Crippen LogP contribution is 2.23. The minimum atomic E-state index is -3.57. The summed E-state index contributed by atoms with van der Waals surface area (Å²) in [6.45, 7) is 1.85. The molecule has 2 aromatic rings. The van der Waals surface area contributed by atoms with Gasteiger partial charge in [-0.3, -0.25) is 9.10 Å². The van der Waals surface area contributed by atoms with E-state index in [1.807, 2.05) is 36.4 Å². The molecule has 3 rings (SSSR count). The smallest absolute Gasteiger partial charge is 0.245 e. The van der Waals surface area contributed by atoms with E-state index in [2.05, 4.69) is 32.8 Å². The Bertz CT molecular complexity index is 893. The van der Waals surface area contributed by atoms with Gasteiger partial charge in [0.2, 0.25) is 15.9 Å². The van der Waals surface area contributed by atoms with Crippen molar-refractivity contribution in [2.75, 3.05) is 40.4 Å². The average Bonchev–Trinajstić information content (AvgIpc) is 3.15. The lowest BCUT2D eigenvalue weighted by atomic mass is 10.2. The Morgan fingerprint density at radius 2 is 1.67 bits per heavy atom. The molecule has 0 bridgehead atoms. The Morgan fingerprint density at radius 3 is 2.22 bits per heavy atom. The van der Waals surface area contributed by atoms with Crippen LogP contribution in [0.5, 0.6) is 0 Å². The van der Waals surface area contributed by atoms with Gasteiger partial charge in [-0.1, -0.05) is 0 Å². The molecule has 0 spiro atoms. The van der Waals surface area contributed by atoms with Crippen molar-refractivity contribution in [1.29, 1.82) is 0 Å². The first-order valence-electron chi connectivity index (χ1n) is 8.71. The maximum absolute atomic E-state index is 12.4. The van der Waals surface area contributed by atoms with Gasteiger partial charge in [-0.2, -0.15) is 0 Å². The highest BCUT2D eigenvalue weighted by Gasteiger charge is 2.21. The molecule has 0 saturated carbocycles. The standard InChI is InChI=1S/C19H22IN3O3S/c1-27(25,26)23(18-8-4-15(20)5-9-18)14-19(24)21-16-6-10-17(11-7-16)22-12-2-3-13-22/h4-11H,2-3,12-14H2,1H3,(H,21,24). The van der Waals surface area contributed by atoms with Crippen LogP contribution in [0.15, 0.2) is 48.5 Å². The van der Waals surface area contributed by atoms with E-state index >= 15 is 0 Å². The number of amides is 1. The SMILES string of the molecule is CS(=O)(=O)N(CC(=O)Nc1ccc(N2CCCC2)cc1)c1ccc(I)cc1. The number of carbonyl (C=O) groups excluding carboxylic acids is 1. The van der Waals surface area contributed by atoms with E-state index in [9.17, 15) is 13.2 Å². The lowest BCUT2D eigenvalue weighted by molar-refractivity contribution is -0.114. The van der Waals surface area contributed by atoms with E-state index < -0.39 is 10.0 Å². The van der Waals surface area contributed by atoms with Crippen molar-refractivity contribution in [3.63, 3.8) is 0 Å². The summed E-state index contributed by atoms with van der Waals surface area (Å²) in [5.74, 6) is -0.382. The third-order valence-electron chi connectivity index (χ3n) is 4.42. The lowest BCUT2D eigenvalue weighted by Crippen LogP contribution is -2.37. The van der Waals surface area contributed by atoms with Gasteiger partial charge in [-0.25, -0.2) is 8.42 Å². The lowest BCUT2D eigenvalue weighted by Gasteiger charge is -2.22. The quantitative estimate of drug-likeness (QED) is 0.620. The predicted molar refractivity (Wildman–Crippen MR) is 118 cm³/mol. The molecule has 0 aliphatic carbocycles. The van der Waals surface area contributed by atoms with Gasteiger partial charge in [0.25, 0.3) is 0 Å². The fourth-order valence-corrected chi connectivity index (χ4v) is 4.29. The number of nitrogens with zero attached hydrogens (tertiary/aromatic N) is 2. The first kappa shape index (κ1) is 19.9. The summed E-state index contributed by atoms with van der Waals surface area (Å²) in [5, 5.41) is 2.78. The monoisotopic (exact) mass is 499 g/mol. The van der Waals surface area contributed by atoms with E-state index in [4.69, 9.17) is 0 Å². The number of rotatable bonds is 6. The molecule has 1 aliphatic rings. The van der Waals surface area contributed by atoms with Crippen molar-refractivity contribution in [2.24, 2.45) is 0 Å². The molecule has 1 amide bonds. The summed E-state index contributed by atoms with van der Waals surface area (Å²) in [6.07, 6.45) is 3.51. The van der Waals surface area contributed by atoms with Gasteiger partial charge in [-0.15, -0.1) is 0 Å². The number of hydrogen-bond donors (Lipinski definition) is 1. The molecule has 0 radical (unpaired) electrons. The zero-order valence-corrected chi connectivity index (χ0v) is 18.0. The molecule has 6 nitrogen and oxygen atoms in total. The predicted octanol–water partition coefficient (Wildman–Crippen LogP) is 3.30. The van der Waals surface area contributed by atoms with Gasteiger partial charge in [0.05, 0.1) is 11.9 Å². The first-order valence-corrected chi connectivity index (χ1v) is 11.6. The molecule has 0 atom stereocenters. The summed E-state index contributed by atoms with van der Waals surface area (Å²) >= 11 is 2.15. The summed E-state index contributed by atoms with van der Waals surface area (Å²) in [6, 6.07) is 14.7. The number of carbonyl (C=O) groups is 1. The summed E-state index contributed by atoms with van der Waals surface area (Å²) in [7, 11) is -3.57. The van der Waals surface area contributed by atoms with Crippen LogP contribution in [-0.2, 0) is 14.8 Å². The fraction of sp³-hybridized carbons (Fsp3) is 0.316. The largest absolute Gasteiger partial charge is 0.372 e. The topological polar surface area (TPSA) is 69.7 Å². The van der Waals surface area contributed by atoms with E-state index in [1.54, 1.807) is 12.1 Å². The van der Waals surface area contributed by atoms with Gasteiger partial charge in [0, 0.05) is 28.0 Å². The van der Waals surface area contributed by atoms with E-state index in [0.717, 1.165) is 32.9 Å². The van der Waals surface area contributed by atoms with E-state index in [0.29, 0.717) is 11.4 Å². The highest BCUT2D eigenvalue weighted by atomic mass is 127. The number of benzene rings is 2. The first-order chi connectivity index (χ1) is 12.8. The molecule has 0 unspecified atom stereocenters. The van der Waals surface area contributed by atoms with Crippen LogP contribution in [0.4, 0.5) is 17.1 Å². The number of sulfonamides is 1. The Labute approximate surface area is 173 Å². The number of anilines is 3. The molecule has 144 valence electrons. The molecule has 1 heterocycles. The van der Waals surface area contributed by atoms with Crippen LogP contribution >= 0.6 is 22.6 Å². The van der Waals surface area contributed by atoms with Gasteiger partial charge in [0.15, 0.2) is 0 Å². The maximum atomic E-state index is 12.4. The van der Waals surface area contributed by atoms with Gasteiger partial charge >= 0.3 is 0 Å². The Morgan fingerprint density at radius 1 is 1.07 bits per heavy atom. The van der Waals surface area contributed by atoms with Crippen LogP contribution in [0.1, 0.15) is 12.8 Å². The van der Waals surface area contributed by atoms with Crippen LogP contribution in [-0.4, -0.2) is 40.2 Å². The van der Waals surface area contributed by atoms with Gasteiger partial charge < -0.3 is 10.2 Å². The molecule has 1 saturated heterocycles. The second-order valence-corrected chi connectivity index (χ2v) is 9.69. The maximum Gasteiger partial charge on any atom is 0.245 e. The Kier molecular flexibility index (Phi) is 6.25. The van der Waals surface area contributed by atoms with E-state index in [1.165, 1.54) is 12.8 Å². The second-order valence-electron chi connectivity index (χ2n) is 6.54. The van der Waals surface area contributed by atoms with Gasteiger partial charge in [0.1, 0.15) is 6.54 Å². The van der Waals surface area contributed by atoms with Crippen molar-refractivity contribution < 1.29 is 13.2 Å². The fourth-order valence-electron chi connectivity index (χ4n) is 3.07. The van der Waals surface area contributed by atoms with Crippen molar-refractivity contribution in [2.45, 2.75) is 12.8 Å². The van der Waals surface area contributed by atoms with Crippen molar-refractivity contribution >= 4 is 55.6 Å². The Balaban J connectivity index is 1.68. The van der Waals surface area contributed by atoms with Crippen molar-refractivity contribution in [3.05, 3.63) is 52.1 Å². The van der Waals surface area contributed by atoms with E-state index in [-0.39, 0.29) is 12.5 Å².